The molecular formula is C13H25N3O3. The molecule has 1 saturated heterocycles. The van der Waals surface area contributed by atoms with E-state index in [1.165, 1.54) is 6.42 Å². The topological polar surface area (TPSA) is 81.7 Å². The Bertz CT molecular complexity index is 312. The summed E-state index contributed by atoms with van der Waals surface area (Å²) < 4.78 is 0. The number of carboxylic acid groups (broad SMARTS) is 1. The van der Waals surface area contributed by atoms with Gasteiger partial charge >= 0.3 is 12.0 Å². The molecule has 2 amide bonds. The van der Waals surface area contributed by atoms with Crippen LogP contribution in [0.3, 0.4) is 0 Å². The number of carbonyl (C=O) groups excluding carboxylic acids is 1. The van der Waals surface area contributed by atoms with E-state index in [-0.39, 0.29) is 18.5 Å². The molecule has 1 fully saturated rings. The van der Waals surface area contributed by atoms with Gasteiger partial charge in [0, 0.05) is 24.5 Å². The zero-order valence-corrected chi connectivity index (χ0v) is 12.0. The van der Waals surface area contributed by atoms with Crippen LogP contribution in [0.5, 0.6) is 0 Å². The van der Waals surface area contributed by atoms with Crippen molar-refractivity contribution in [2.45, 2.75) is 71.0 Å². The number of aliphatic carboxylic acids is 1. The van der Waals surface area contributed by atoms with Crippen LogP contribution in [0.25, 0.3) is 0 Å². The van der Waals surface area contributed by atoms with E-state index >= 15 is 0 Å². The van der Waals surface area contributed by atoms with Crippen molar-refractivity contribution in [3.63, 3.8) is 0 Å². The summed E-state index contributed by atoms with van der Waals surface area (Å²) in [5.74, 6) is -0.840. The average Bonchev–Trinajstić information content (AvgIpc) is 2.31. The predicted octanol–water partition coefficient (Wildman–Crippen LogP) is 1.72. The van der Waals surface area contributed by atoms with E-state index in [2.05, 4.69) is 24.6 Å². The first kappa shape index (κ1) is 15.8. The van der Waals surface area contributed by atoms with E-state index in [9.17, 15) is 9.59 Å². The van der Waals surface area contributed by atoms with E-state index in [0.717, 1.165) is 12.8 Å². The fourth-order valence-electron chi connectivity index (χ4n) is 2.43. The van der Waals surface area contributed by atoms with Gasteiger partial charge in [-0.2, -0.15) is 0 Å². The molecule has 0 bridgehead atoms. The SMILES string of the molecule is CC(CCC(=O)O)NC(=O)NN1C(C)CCCC1C. The normalized spacial score (nSPS) is 25.6. The van der Waals surface area contributed by atoms with Gasteiger partial charge in [-0.05, 0) is 40.0 Å². The average molecular weight is 271 g/mol. The summed E-state index contributed by atoms with van der Waals surface area (Å²) in [6.07, 6.45) is 3.86. The van der Waals surface area contributed by atoms with Gasteiger partial charge in [0.25, 0.3) is 0 Å². The molecular weight excluding hydrogens is 246 g/mol. The number of amides is 2. The Morgan fingerprint density at radius 1 is 1.32 bits per heavy atom. The monoisotopic (exact) mass is 271 g/mol. The molecule has 0 spiro atoms. The van der Waals surface area contributed by atoms with E-state index < -0.39 is 5.97 Å². The van der Waals surface area contributed by atoms with Crippen LogP contribution in [0.2, 0.25) is 0 Å². The van der Waals surface area contributed by atoms with Crippen LogP contribution in [-0.4, -0.2) is 40.2 Å². The van der Waals surface area contributed by atoms with Gasteiger partial charge in [-0.15, -0.1) is 0 Å². The molecule has 19 heavy (non-hydrogen) atoms. The van der Waals surface area contributed by atoms with Crippen molar-refractivity contribution in [1.29, 1.82) is 0 Å². The van der Waals surface area contributed by atoms with Crippen molar-refractivity contribution in [1.82, 2.24) is 15.8 Å². The summed E-state index contributed by atoms with van der Waals surface area (Å²) in [4.78, 5) is 22.3. The molecule has 3 N–H and O–H groups in total. The van der Waals surface area contributed by atoms with E-state index in [4.69, 9.17) is 5.11 Å². The lowest BCUT2D eigenvalue weighted by molar-refractivity contribution is -0.137. The second kappa shape index (κ2) is 7.33. The number of carbonyl (C=O) groups is 2. The van der Waals surface area contributed by atoms with Crippen LogP contribution in [0.4, 0.5) is 4.79 Å². The fourth-order valence-corrected chi connectivity index (χ4v) is 2.43. The smallest absolute Gasteiger partial charge is 0.329 e. The maximum absolute atomic E-state index is 11.8. The maximum atomic E-state index is 11.8. The third-order valence-corrected chi connectivity index (χ3v) is 3.59. The Kier molecular flexibility index (Phi) is 6.08. The number of hydrogen-bond donors (Lipinski definition) is 3. The third kappa shape index (κ3) is 5.46. The number of carboxylic acids is 1. The predicted molar refractivity (Wildman–Crippen MR) is 72.6 cm³/mol. The highest BCUT2D eigenvalue weighted by Gasteiger charge is 2.26. The Morgan fingerprint density at radius 2 is 1.89 bits per heavy atom. The Morgan fingerprint density at radius 3 is 2.42 bits per heavy atom. The van der Waals surface area contributed by atoms with Crippen molar-refractivity contribution >= 4 is 12.0 Å². The standard InChI is InChI=1S/C13H25N3O3/c1-9(7-8-12(17)18)14-13(19)15-16-10(2)5-4-6-11(16)3/h9-11H,4-8H2,1-3H3,(H,17,18)(H2,14,15,19). The van der Waals surface area contributed by atoms with Gasteiger partial charge in [0.05, 0.1) is 0 Å². The van der Waals surface area contributed by atoms with Crippen molar-refractivity contribution < 1.29 is 14.7 Å². The third-order valence-electron chi connectivity index (χ3n) is 3.59. The van der Waals surface area contributed by atoms with E-state index in [1.807, 2.05) is 11.9 Å². The van der Waals surface area contributed by atoms with Crippen molar-refractivity contribution in [3.8, 4) is 0 Å². The molecule has 0 aromatic rings. The molecule has 0 aliphatic carbocycles. The summed E-state index contributed by atoms with van der Waals surface area (Å²) in [5.41, 5.74) is 2.87. The first-order valence-corrected chi connectivity index (χ1v) is 6.97. The van der Waals surface area contributed by atoms with Gasteiger partial charge in [0.1, 0.15) is 0 Å². The molecule has 3 unspecified atom stereocenters. The first-order valence-electron chi connectivity index (χ1n) is 6.97. The van der Waals surface area contributed by atoms with Crippen molar-refractivity contribution in [2.75, 3.05) is 0 Å². The van der Waals surface area contributed by atoms with Gasteiger partial charge < -0.3 is 10.4 Å². The molecule has 1 aliphatic heterocycles. The molecule has 0 aromatic heterocycles. The van der Waals surface area contributed by atoms with Gasteiger partial charge in [0.2, 0.25) is 0 Å². The minimum atomic E-state index is -0.840. The summed E-state index contributed by atoms with van der Waals surface area (Å²) in [6, 6.07) is 0.276. The van der Waals surface area contributed by atoms with E-state index in [1.54, 1.807) is 0 Å². The highest BCUT2D eigenvalue weighted by Crippen LogP contribution is 2.19. The van der Waals surface area contributed by atoms with Crippen LogP contribution in [-0.2, 0) is 4.79 Å². The molecule has 110 valence electrons. The number of hydrazine groups is 1. The largest absolute Gasteiger partial charge is 0.481 e. The molecule has 0 radical (unpaired) electrons. The Hall–Kier alpha value is -1.30. The zero-order valence-electron chi connectivity index (χ0n) is 12.0. The summed E-state index contributed by atoms with van der Waals surface area (Å²) in [7, 11) is 0. The van der Waals surface area contributed by atoms with E-state index in [0.29, 0.717) is 18.5 Å². The number of piperidine rings is 1. The quantitative estimate of drug-likeness (QED) is 0.711. The van der Waals surface area contributed by atoms with Gasteiger partial charge in [0.15, 0.2) is 0 Å². The first-order chi connectivity index (χ1) is 8.90. The Balaban J connectivity index is 2.35. The maximum Gasteiger partial charge on any atom is 0.329 e. The zero-order chi connectivity index (χ0) is 14.4. The summed E-state index contributed by atoms with van der Waals surface area (Å²) in [5, 5.41) is 13.3. The number of urea groups is 1. The van der Waals surface area contributed by atoms with Crippen molar-refractivity contribution in [3.05, 3.63) is 0 Å². The minimum Gasteiger partial charge on any atom is -0.481 e. The van der Waals surface area contributed by atoms with Crippen LogP contribution < -0.4 is 10.7 Å². The van der Waals surface area contributed by atoms with Crippen LogP contribution >= 0.6 is 0 Å². The molecule has 6 heteroatoms. The second-order valence-electron chi connectivity index (χ2n) is 5.45. The lowest BCUT2D eigenvalue weighted by atomic mass is 10.00. The number of hydrogen-bond acceptors (Lipinski definition) is 3. The fraction of sp³-hybridized carbons (Fsp3) is 0.846. The van der Waals surface area contributed by atoms with Gasteiger partial charge in [-0.3, -0.25) is 10.2 Å². The molecule has 1 rings (SSSR count). The Labute approximate surface area is 114 Å². The van der Waals surface area contributed by atoms with Gasteiger partial charge in [-0.1, -0.05) is 6.42 Å². The highest BCUT2D eigenvalue weighted by atomic mass is 16.4. The van der Waals surface area contributed by atoms with Crippen LogP contribution in [0.15, 0.2) is 0 Å². The van der Waals surface area contributed by atoms with Crippen LogP contribution in [0, 0.1) is 0 Å². The number of nitrogens with one attached hydrogen (secondary N) is 2. The molecule has 6 nitrogen and oxygen atoms in total. The number of nitrogens with zero attached hydrogens (tertiary/aromatic N) is 1. The molecule has 3 atom stereocenters. The highest BCUT2D eigenvalue weighted by molar-refractivity contribution is 5.73. The van der Waals surface area contributed by atoms with Gasteiger partial charge in [-0.25, -0.2) is 9.80 Å². The molecule has 0 aromatic carbocycles. The molecule has 0 saturated carbocycles. The van der Waals surface area contributed by atoms with Crippen molar-refractivity contribution in [2.24, 2.45) is 0 Å². The molecule has 1 aliphatic rings. The lowest BCUT2D eigenvalue weighted by Crippen LogP contribution is -2.57. The second-order valence-corrected chi connectivity index (χ2v) is 5.45. The minimum absolute atomic E-state index is 0.0674. The summed E-state index contributed by atoms with van der Waals surface area (Å²) >= 11 is 0. The lowest BCUT2D eigenvalue weighted by Gasteiger charge is -2.38. The summed E-state index contributed by atoms with van der Waals surface area (Å²) in [6.45, 7) is 6.01. The van der Waals surface area contributed by atoms with Crippen LogP contribution in [0.1, 0.15) is 52.9 Å². The number of rotatable bonds is 5. The molecule has 1 heterocycles.